The van der Waals surface area contributed by atoms with E-state index >= 15 is 0 Å². The lowest BCUT2D eigenvalue weighted by molar-refractivity contribution is -0.145. The summed E-state index contributed by atoms with van der Waals surface area (Å²) in [6.07, 6.45) is -3.88. The number of sulfonamides is 1. The molecule has 17 N–H and O–H groups in total. The summed E-state index contributed by atoms with van der Waals surface area (Å²) in [5, 5.41) is 70.4. The van der Waals surface area contributed by atoms with Crippen LogP contribution in [0.1, 0.15) is 151 Å². The van der Waals surface area contributed by atoms with Gasteiger partial charge in [0, 0.05) is 6.54 Å². The number of primary amides is 1. The molecule has 31 nitrogen and oxygen atoms in total. The number of benzene rings is 1. The summed E-state index contributed by atoms with van der Waals surface area (Å²) < 4.78 is 47.8. The van der Waals surface area contributed by atoms with Gasteiger partial charge in [-0.1, -0.05) is 48.0 Å². The molecule has 9 amide bonds. The Morgan fingerprint density at radius 2 is 1.25 bits per heavy atom. The number of aliphatic hydroxyl groups is 3. The average molecular weight is 1310 g/mol. The maximum Gasteiger partial charge on any atom is 0.408 e. The molecule has 516 valence electrons. The van der Waals surface area contributed by atoms with Crippen molar-refractivity contribution in [3.63, 3.8) is 0 Å². The van der Waals surface area contributed by atoms with Gasteiger partial charge in [0.05, 0.1) is 36.4 Å². The van der Waals surface area contributed by atoms with Crippen molar-refractivity contribution < 1.29 is 91.0 Å². The third-order valence-electron chi connectivity index (χ3n) is 14.6. The molecule has 0 bridgehead atoms. The van der Waals surface area contributed by atoms with Crippen LogP contribution < -0.4 is 63.0 Å². The van der Waals surface area contributed by atoms with E-state index < -0.39 is 178 Å². The molecule has 0 saturated heterocycles. The number of hydrogen-bond donors (Lipinski definition) is 16. The molecule has 1 heterocycles. The Bertz CT molecular complexity index is 2910. The van der Waals surface area contributed by atoms with Crippen molar-refractivity contribution in [3.05, 3.63) is 22.3 Å². The molecule has 0 radical (unpaired) electrons. The van der Waals surface area contributed by atoms with Gasteiger partial charge in [-0.2, -0.15) is 0 Å². The molecule has 2 rings (SSSR count). The van der Waals surface area contributed by atoms with Crippen LogP contribution in [0.4, 0.5) is 4.79 Å². The standard InChI is InChI=1S/C59H100N12O19S/c1-18-30(6)40(51(80)67-38(27-88-57(10,11)12)48(77)63-25-39(73)68-42(44(75)47(60)76)53(82)66-37(26-72)54(83)84)69-49(78)35(64-50(79)36(24-28(2)3)65-52(81)41(43(74)29(4)5)70-56(85)90-58(13,14)15)20-19-23-62-55(61)71-91(86,87)46-32(8)31(7)45-34(33(46)9)21-22-59(16,17)89-45/h28-30,35-38,40-44,72,74-75H,18-27H2,1-17H3,(H2,60,76)(H,63,77)(H,64,79)(H,65,81)(H,66,82)(H,67,80)(H,68,73)(H,69,78)(H,70,85)(H,83,84)(H3,61,62,71)/t30-,35+,36-,37-,38-,40-,41-,42-,43+,44-/m0/s1. The van der Waals surface area contributed by atoms with E-state index in [1.807, 2.05) is 24.5 Å². The highest BCUT2D eigenvalue weighted by Gasteiger charge is 2.40. The van der Waals surface area contributed by atoms with Gasteiger partial charge >= 0.3 is 12.1 Å². The lowest BCUT2D eigenvalue weighted by Crippen LogP contribution is -2.62. The molecule has 0 fully saturated rings. The summed E-state index contributed by atoms with van der Waals surface area (Å²) in [7, 11) is -4.37. The van der Waals surface area contributed by atoms with Crippen LogP contribution in [-0.2, 0) is 69.1 Å². The van der Waals surface area contributed by atoms with E-state index in [1.54, 1.807) is 104 Å². The molecule has 1 aliphatic heterocycles. The molecule has 1 aromatic carbocycles. The maximum atomic E-state index is 14.8. The number of nitrogens with two attached hydrogens (primary N) is 1. The molecule has 10 atom stereocenters. The van der Waals surface area contributed by atoms with Crippen molar-refractivity contribution in [2.75, 3.05) is 26.3 Å². The SMILES string of the molecule is CC[C@H](C)[C@H](NC(=O)[C@@H](CCCNC(=N)NS(=O)(=O)c1c(C)c(C)c2c(c1C)CCC(C)(C)O2)NC(=O)[C@H](CC(C)C)NC(=O)[C@@H](NC(=O)OC(C)(C)C)[C@H](O)C(C)C)C(=O)N[C@@H](COC(C)(C)C)C(=O)NCC(=O)N[C@H](C(=O)N[C@@H](CO)C(=O)O)[C@H](O)C(N)=O. The van der Waals surface area contributed by atoms with Crippen LogP contribution in [0.15, 0.2) is 4.90 Å². The minimum absolute atomic E-state index is 0.0145. The highest BCUT2D eigenvalue weighted by molar-refractivity contribution is 7.90. The normalized spacial score (nSPS) is 16.4. The number of nitrogens with one attached hydrogen (secondary N) is 11. The topological polar surface area (TPSA) is 484 Å². The Morgan fingerprint density at radius 1 is 0.703 bits per heavy atom. The van der Waals surface area contributed by atoms with Crippen LogP contribution in [0.2, 0.25) is 0 Å². The molecule has 32 heteroatoms. The number of aliphatic hydroxyl groups excluding tert-OH is 3. The molecule has 91 heavy (non-hydrogen) atoms. The van der Waals surface area contributed by atoms with E-state index in [4.69, 9.17) is 25.4 Å². The Kier molecular flexibility index (Phi) is 30.0. The predicted molar refractivity (Wildman–Crippen MR) is 332 cm³/mol. The number of alkyl carbamates (subject to hydrolysis) is 1. The lowest BCUT2D eigenvalue weighted by Gasteiger charge is -2.35. The smallest absolute Gasteiger partial charge is 0.408 e. The number of hydrogen-bond acceptors (Lipinski definition) is 19. The van der Waals surface area contributed by atoms with Gasteiger partial charge in [0.15, 0.2) is 6.10 Å². The number of guanidine groups is 1. The van der Waals surface area contributed by atoms with E-state index in [0.29, 0.717) is 35.3 Å². The molecule has 0 unspecified atom stereocenters. The second kappa shape index (κ2) is 34.3. The molecular weight excluding hydrogens is 1210 g/mol. The Hall–Kier alpha value is -7.42. The van der Waals surface area contributed by atoms with Crippen LogP contribution in [0.5, 0.6) is 5.75 Å². The highest BCUT2D eigenvalue weighted by atomic mass is 32.2. The fourth-order valence-electron chi connectivity index (χ4n) is 9.27. The predicted octanol–water partition coefficient (Wildman–Crippen LogP) is -0.936. The first-order valence-corrected chi connectivity index (χ1v) is 31.6. The summed E-state index contributed by atoms with van der Waals surface area (Å²) in [5.74, 6) is -12.4. The van der Waals surface area contributed by atoms with Gasteiger partial charge in [-0.05, 0) is 148 Å². The monoisotopic (exact) mass is 1310 g/mol. The summed E-state index contributed by atoms with van der Waals surface area (Å²) in [4.78, 5) is 134. The number of amides is 9. The third kappa shape index (κ3) is 25.3. The quantitative estimate of drug-likeness (QED) is 0.0229. The van der Waals surface area contributed by atoms with Gasteiger partial charge in [0.2, 0.25) is 53.2 Å². The first kappa shape index (κ1) is 79.7. The van der Waals surface area contributed by atoms with Crippen molar-refractivity contribution in [1.82, 2.24) is 52.6 Å². The van der Waals surface area contributed by atoms with Crippen molar-refractivity contribution >= 4 is 75.3 Å². The number of ether oxygens (including phenoxy) is 3. The van der Waals surface area contributed by atoms with Gasteiger partial charge in [0.25, 0.3) is 10.0 Å². The fourth-order valence-corrected chi connectivity index (χ4v) is 10.8. The summed E-state index contributed by atoms with van der Waals surface area (Å²) in [5.41, 5.74) is 5.01. The number of aliphatic carboxylic acids is 1. The second-order valence-corrected chi connectivity index (χ2v) is 27.7. The third-order valence-corrected chi connectivity index (χ3v) is 16.3. The van der Waals surface area contributed by atoms with Crippen LogP contribution in [0.3, 0.4) is 0 Å². The van der Waals surface area contributed by atoms with Gasteiger partial charge in [-0.3, -0.25) is 43.8 Å². The molecule has 0 aromatic heterocycles. The number of fused-ring (bicyclic) bond motifs is 1. The first-order valence-electron chi connectivity index (χ1n) is 30.2. The zero-order valence-corrected chi connectivity index (χ0v) is 56.2. The first-order chi connectivity index (χ1) is 41.8. The number of carbonyl (C=O) groups is 10. The van der Waals surface area contributed by atoms with E-state index in [-0.39, 0.29) is 43.0 Å². The van der Waals surface area contributed by atoms with E-state index in [9.17, 15) is 76.8 Å². The van der Waals surface area contributed by atoms with E-state index in [2.05, 4.69) is 41.9 Å². The van der Waals surface area contributed by atoms with Crippen LogP contribution in [0.25, 0.3) is 0 Å². The molecule has 0 aliphatic carbocycles. The molecular formula is C59H100N12O19S. The minimum atomic E-state index is -4.37. The Balaban J connectivity index is 2.59. The minimum Gasteiger partial charge on any atom is -0.487 e. The van der Waals surface area contributed by atoms with Gasteiger partial charge in [-0.15, -0.1) is 0 Å². The number of carbonyl (C=O) groups excluding carboxylic acids is 9. The largest absolute Gasteiger partial charge is 0.487 e. The van der Waals surface area contributed by atoms with Crippen LogP contribution >= 0.6 is 0 Å². The number of carboxylic acid groups (broad SMARTS) is 1. The number of rotatable bonds is 33. The zero-order valence-electron chi connectivity index (χ0n) is 55.4. The molecule has 1 aliphatic rings. The van der Waals surface area contributed by atoms with Crippen LogP contribution in [0, 0.1) is 43.9 Å². The van der Waals surface area contributed by atoms with Crippen molar-refractivity contribution in [2.45, 2.75) is 232 Å². The van der Waals surface area contributed by atoms with Crippen molar-refractivity contribution in [3.8, 4) is 5.75 Å². The number of carboxylic acids is 1. The van der Waals surface area contributed by atoms with Crippen molar-refractivity contribution in [1.29, 1.82) is 5.41 Å². The maximum absolute atomic E-state index is 14.8. The fraction of sp³-hybridized carbons (Fsp3) is 0.712. The van der Waals surface area contributed by atoms with Crippen LogP contribution in [-0.4, -0.2) is 192 Å². The lowest BCUT2D eigenvalue weighted by atomic mass is 9.88. The van der Waals surface area contributed by atoms with Gasteiger partial charge in [-0.25, -0.2) is 22.7 Å². The average Bonchev–Trinajstić information content (AvgIpc) is 0.759. The zero-order chi connectivity index (χ0) is 70.0. The Labute approximate surface area is 532 Å². The second-order valence-electron chi connectivity index (χ2n) is 26.1. The highest BCUT2D eigenvalue weighted by Crippen LogP contribution is 2.42. The summed E-state index contributed by atoms with van der Waals surface area (Å²) in [6, 6.07) is -11.9. The Morgan fingerprint density at radius 3 is 1.78 bits per heavy atom. The van der Waals surface area contributed by atoms with Crippen molar-refractivity contribution in [2.24, 2.45) is 23.5 Å². The van der Waals surface area contributed by atoms with E-state index in [0.717, 1.165) is 5.56 Å². The molecule has 1 aromatic rings. The van der Waals surface area contributed by atoms with Gasteiger partial charge < -0.3 is 88.2 Å². The summed E-state index contributed by atoms with van der Waals surface area (Å²) in [6.45, 7) is 25.8. The summed E-state index contributed by atoms with van der Waals surface area (Å²) >= 11 is 0. The molecule has 0 spiro atoms. The molecule has 0 saturated carbocycles. The van der Waals surface area contributed by atoms with E-state index in [1.165, 1.54) is 0 Å². The van der Waals surface area contributed by atoms with Gasteiger partial charge in [0.1, 0.15) is 59.2 Å².